The summed E-state index contributed by atoms with van der Waals surface area (Å²) in [5, 5.41) is 16.3. The van der Waals surface area contributed by atoms with Gasteiger partial charge in [0.1, 0.15) is 11.5 Å². The third-order valence-corrected chi connectivity index (χ3v) is 5.25. The van der Waals surface area contributed by atoms with E-state index in [9.17, 15) is 27.7 Å². The molecule has 0 saturated heterocycles. The quantitative estimate of drug-likeness (QED) is 0.327. The van der Waals surface area contributed by atoms with E-state index in [1.54, 1.807) is 18.2 Å². The number of hydrogen-bond acceptors (Lipinski definition) is 6. The molecule has 0 radical (unpaired) electrons. The molecular weight excluding hydrogens is 391 g/mol. The molecule has 0 aliphatic rings. The maximum atomic E-state index is 12.9. The van der Waals surface area contributed by atoms with Crippen LogP contribution >= 0.6 is 0 Å². The number of nitro groups is 1. The van der Waals surface area contributed by atoms with E-state index in [-0.39, 0.29) is 23.7 Å². The SMILES string of the molecule is C[C@H](NS(=O)(=O)c1ccc(F)cc1)C(=O)NCCNc1ccccc1[N+](=O)[O-]. The molecular formula is C17H19FN4O5S. The fraction of sp³-hybridized carbons (Fsp3) is 0.235. The molecule has 1 amide bonds. The zero-order chi connectivity index (χ0) is 20.7. The molecule has 150 valence electrons. The Morgan fingerprint density at radius 3 is 2.43 bits per heavy atom. The second-order valence-electron chi connectivity index (χ2n) is 5.79. The fourth-order valence-corrected chi connectivity index (χ4v) is 3.49. The number of halogens is 1. The summed E-state index contributed by atoms with van der Waals surface area (Å²) in [5.74, 6) is -1.15. The van der Waals surface area contributed by atoms with Crippen LogP contribution in [0.2, 0.25) is 0 Å². The molecule has 0 fully saturated rings. The van der Waals surface area contributed by atoms with Crippen molar-refractivity contribution in [3.63, 3.8) is 0 Å². The van der Waals surface area contributed by atoms with E-state index < -0.39 is 32.7 Å². The van der Waals surface area contributed by atoms with Crippen LogP contribution in [0.1, 0.15) is 6.92 Å². The van der Waals surface area contributed by atoms with Gasteiger partial charge in [-0.2, -0.15) is 4.72 Å². The minimum atomic E-state index is -3.98. The first kappa shape index (κ1) is 21.3. The summed E-state index contributed by atoms with van der Waals surface area (Å²) in [6, 6.07) is 9.22. The van der Waals surface area contributed by atoms with E-state index in [1.165, 1.54) is 13.0 Å². The Hall–Kier alpha value is -3.05. The number of rotatable bonds is 9. The number of nitrogens with zero attached hydrogens (tertiary/aromatic N) is 1. The summed E-state index contributed by atoms with van der Waals surface area (Å²) < 4.78 is 39.5. The lowest BCUT2D eigenvalue weighted by molar-refractivity contribution is -0.384. The summed E-state index contributed by atoms with van der Waals surface area (Å²) in [6.45, 7) is 1.69. The van der Waals surface area contributed by atoms with Crippen LogP contribution in [0, 0.1) is 15.9 Å². The van der Waals surface area contributed by atoms with E-state index in [2.05, 4.69) is 15.4 Å². The Balaban J connectivity index is 1.84. The van der Waals surface area contributed by atoms with Crippen LogP contribution in [0.3, 0.4) is 0 Å². The minimum Gasteiger partial charge on any atom is -0.378 e. The van der Waals surface area contributed by atoms with Crippen molar-refractivity contribution < 1.29 is 22.5 Å². The number of para-hydroxylation sites is 2. The molecule has 3 N–H and O–H groups in total. The van der Waals surface area contributed by atoms with Gasteiger partial charge >= 0.3 is 0 Å². The van der Waals surface area contributed by atoms with Crippen molar-refractivity contribution in [1.29, 1.82) is 0 Å². The number of nitrogens with one attached hydrogen (secondary N) is 3. The van der Waals surface area contributed by atoms with Crippen LogP contribution < -0.4 is 15.4 Å². The van der Waals surface area contributed by atoms with Crippen molar-refractivity contribution in [3.05, 3.63) is 64.5 Å². The van der Waals surface area contributed by atoms with E-state index in [1.807, 2.05) is 0 Å². The normalized spacial score (nSPS) is 12.2. The lowest BCUT2D eigenvalue weighted by Gasteiger charge is -2.15. The molecule has 0 heterocycles. The number of carbonyl (C=O) groups excluding carboxylic acids is 1. The van der Waals surface area contributed by atoms with Gasteiger partial charge in [-0.3, -0.25) is 14.9 Å². The van der Waals surface area contributed by atoms with Gasteiger partial charge in [0.25, 0.3) is 5.69 Å². The molecule has 0 bridgehead atoms. The van der Waals surface area contributed by atoms with Gasteiger partial charge in [0.05, 0.1) is 15.9 Å². The van der Waals surface area contributed by atoms with Gasteiger partial charge < -0.3 is 10.6 Å². The highest BCUT2D eigenvalue weighted by atomic mass is 32.2. The van der Waals surface area contributed by atoms with Crippen LogP contribution in [0.4, 0.5) is 15.8 Å². The number of nitro benzene ring substituents is 1. The second-order valence-corrected chi connectivity index (χ2v) is 7.50. The molecule has 0 aliphatic heterocycles. The third kappa shape index (κ3) is 5.72. The van der Waals surface area contributed by atoms with Gasteiger partial charge in [0.2, 0.25) is 15.9 Å². The number of anilines is 1. The molecule has 0 unspecified atom stereocenters. The molecule has 2 aromatic carbocycles. The van der Waals surface area contributed by atoms with Gasteiger partial charge in [-0.05, 0) is 37.3 Å². The van der Waals surface area contributed by atoms with Gasteiger partial charge in [0, 0.05) is 19.2 Å². The van der Waals surface area contributed by atoms with Gasteiger partial charge in [-0.15, -0.1) is 0 Å². The Bertz CT molecular complexity index is 950. The van der Waals surface area contributed by atoms with Crippen molar-refractivity contribution >= 4 is 27.3 Å². The van der Waals surface area contributed by atoms with Crippen LogP contribution in [0.25, 0.3) is 0 Å². The van der Waals surface area contributed by atoms with Gasteiger partial charge in [-0.1, -0.05) is 12.1 Å². The van der Waals surface area contributed by atoms with Crippen LogP contribution in [-0.4, -0.2) is 38.4 Å². The van der Waals surface area contributed by atoms with Crippen molar-refractivity contribution in [2.75, 3.05) is 18.4 Å². The first-order valence-electron chi connectivity index (χ1n) is 8.23. The van der Waals surface area contributed by atoms with Crippen molar-refractivity contribution in [2.45, 2.75) is 17.9 Å². The number of sulfonamides is 1. The number of hydrogen-bond donors (Lipinski definition) is 3. The summed E-state index contributed by atoms with van der Waals surface area (Å²) in [4.78, 5) is 22.3. The molecule has 9 nitrogen and oxygen atoms in total. The number of amides is 1. The van der Waals surface area contributed by atoms with E-state index in [0.717, 1.165) is 24.3 Å². The third-order valence-electron chi connectivity index (χ3n) is 3.69. The number of carbonyl (C=O) groups is 1. The topological polar surface area (TPSA) is 130 Å². The molecule has 0 saturated carbocycles. The van der Waals surface area contributed by atoms with E-state index in [0.29, 0.717) is 5.69 Å². The smallest absolute Gasteiger partial charge is 0.292 e. The predicted octanol–water partition coefficient (Wildman–Crippen LogP) is 1.63. The Kier molecular flexibility index (Phi) is 7.01. The monoisotopic (exact) mass is 410 g/mol. The summed E-state index contributed by atoms with van der Waals surface area (Å²) in [5.41, 5.74) is 0.223. The second kappa shape index (κ2) is 9.24. The standard InChI is InChI=1S/C17H19FN4O5S/c1-12(21-28(26,27)14-8-6-13(18)7-9-14)17(23)20-11-10-19-15-4-2-3-5-16(15)22(24)25/h2-9,12,19,21H,10-11H2,1H3,(H,20,23)/t12-/m0/s1. The van der Waals surface area contributed by atoms with E-state index in [4.69, 9.17) is 0 Å². The minimum absolute atomic E-state index is 0.0887. The molecule has 0 aromatic heterocycles. The molecule has 1 atom stereocenters. The zero-order valence-corrected chi connectivity index (χ0v) is 15.7. The first-order chi connectivity index (χ1) is 13.2. The van der Waals surface area contributed by atoms with Crippen molar-refractivity contribution in [1.82, 2.24) is 10.0 Å². The fourth-order valence-electron chi connectivity index (χ4n) is 2.29. The van der Waals surface area contributed by atoms with Gasteiger partial charge in [0.15, 0.2) is 0 Å². The highest BCUT2D eigenvalue weighted by molar-refractivity contribution is 7.89. The highest BCUT2D eigenvalue weighted by Crippen LogP contribution is 2.22. The first-order valence-corrected chi connectivity index (χ1v) is 9.72. The molecule has 2 aromatic rings. The maximum Gasteiger partial charge on any atom is 0.292 e. The molecule has 0 spiro atoms. The largest absolute Gasteiger partial charge is 0.378 e. The molecule has 0 aliphatic carbocycles. The van der Waals surface area contributed by atoms with Crippen LogP contribution in [-0.2, 0) is 14.8 Å². The maximum absolute atomic E-state index is 12.9. The zero-order valence-electron chi connectivity index (χ0n) is 14.9. The van der Waals surface area contributed by atoms with E-state index >= 15 is 0 Å². The van der Waals surface area contributed by atoms with Crippen molar-refractivity contribution in [3.8, 4) is 0 Å². The summed E-state index contributed by atoms with van der Waals surface area (Å²) in [6.07, 6.45) is 0. The average molecular weight is 410 g/mol. The highest BCUT2D eigenvalue weighted by Gasteiger charge is 2.22. The molecule has 11 heteroatoms. The van der Waals surface area contributed by atoms with Crippen LogP contribution in [0.5, 0.6) is 0 Å². The predicted molar refractivity (Wildman–Crippen MR) is 101 cm³/mol. The van der Waals surface area contributed by atoms with Crippen molar-refractivity contribution in [2.24, 2.45) is 0 Å². The lowest BCUT2D eigenvalue weighted by atomic mass is 10.2. The Morgan fingerprint density at radius 1 is 1.14 bits per heavy atom. The van der Waals surface area contributed by atoms with Crippen LogP contribution in [0.15, 0.2) is 53.4 Å². The van der Waals surface area contributed by atoms with Gasteiger partial charge in [-0.25, -0.2) is 12.8 Å². The Morgan fingerprint density at radius 2 is 1.79 bits per heavy atom. The molecule has 28 heavy (non-hydrogen) atoms. The lowest BCUT2D eigenvalue weighted by Crippen LogP contribution is -2.45. The summed E-state index contributed by atoms with van der Waals surface area (Å²) in [7, 11) is -3.98. The molecule has 2 rings (SSSR count). The number of benzene rings is 2. The average Bonchev–Trinajstić information content (AvgIpc) is 2.65. The summed E-state index contributed by atoms with van der Waals surface area (Å²) >= 11 is 0. The Labute approximate surface area is 161 Å².